The number of aromatic carboxylic acids is 1. The predicted molar refractivity (Wildman–Crippen MR) is 83.0 cm³/mol. The van der Waals surface area contributed by atoms with E-state index in [1.807, 2.05) is 6.07 Å². The maximum Gasteiger partial charge on any atom is 0.339 e. The summed E-state index contributed by atoms with van der Waals surface area (Å²) in [6.45, 7) is 6.58. The van der Waals surface area contributed by atoms with Crippen LogP contribution in [0.15, 0.2) is 12.1 Å². The lowest BCUT2D eigenvalue weighted by Crippen LogP contribution is -2.40. The van der Waals surface area contributed by atoms with Crippen LogP contribution in [-0.2, 0) is 12.8 Å². The number of carboxylic acids is 1. The van der Waals surface area contributed by atoms with E-state index in [1.165, 1.54) is 6.07 Å². The number of phenols is 1. The highest BCUT2D eigenvalue weighted by atomic mass is 16.4. The Morgan fingerprint density at radius 3 is 2.52 bits per heavy atom. The van der Waals surface area contributed by atoms with E-state index < -0.39 is 5.97 Å². The summed E-state index contributed by atoms with van der Waals surface area (Å²) in [7, 11) is 0. The van der Waals surface area contributed by atoms with Crippen molar-refractivity contribution < 1.29 is 15.0 Å². The van der Waals surface area contributed by atoms with Crippen molar-refractivity contribution in [2.45, 2.75) is 52.0 Å². The highest BCUT2D eigenvalue weighted by Gasteiger charge is 2.27. The minimum Gasteiger partial charge on any atom is -0.507 e. The van der Waals surface area contributed by atoms with Crippen LogP contribution in [0.2, 0.25) is 0 Å². The highest BCUT2D eigenvalue weighted by molar-refractivity contribution is 5.93. The number of nitrogens with zero attached hydrogens (tertiary/aromatic N) is 1. The SMILES string of the molecule is CCCN(CCC)C1CCc2c(ccc(O)c2C(=O)O)C1. The predicted octanol–water partition coefficient (Wildman–Crippen LogP) is 3.07. The van der Waals surface area contributed by atoms with Gasteiger partial charge in [-0.1, -0.05) is 19.9 Å². The van der Waals surface area contributed by atoms with Gasteiger partial charge in [0.1, 0.15) is 11.3 Å². The van der Waals surface area contributed by atoms with E-state index in [0.717, 1.165) is 56.3 Å². The molecule has 1 aromatic rings. The monoisotopic (exact) mass is 291 g/mol. The van der Waals surface area contributed by atoms with Crippen LogP contribution in [0.1, 0.15) is 54.6 Å². The Morgan fingerprint density at radius 2 is 1.95 bits per heavy atom. The van der Waals surface area contributed by atoms with E-state index in [1.54, 1.807) is 0 Å². The minimum absolute atomic E-state index is 0.100. The fourth-order valence-corrected chi connectivity index (χ4v) is 3.42. The van der Waals surface area contributed by atoms with E-state index in [4.69, 9.17) is 0 Å². The number of hydrogen-bond donors (Lipinski definition) is 2. The highest BCUT2D eigenvalue weighted by Crippen LogP contribution is 2.32. The molecular weight excluding hydrogens is 266 g/mol. The van der Waals surface area contributed by atoms with E-state index >= 15 is 0 Å². The molecule has 21 heavy (non-hydrogen) atoms. The second kappa shape index (κ2) is 6.94. The fraction of sp³-hybridized carbons (Fsp3) is 0.588. The molecule has 4 nitrogen and oxygen atoms in total. The summed E-state index contributed by atoms with van der Waals surface area (Å²) in [4.78, 5) is 13.9. The number of benzene rings is 1. The number of carboxylic acid groups (broad SMARTS) is 1. The molecule has 1 atom stereocenters. The third kappa shape index (κ3) is 3.38. The molecule has 2 rings (SSSR count). The van der Waals surface area contributed by atoms with Gasteiger partial charge in [0, 0.05) is 6.04 Å². The molecule has 0 aliphatic heterocycles. The molecule has 0 spiro atoms. The lowest BCUT2D eigenvalue weighted by atomic mass is 9.84. The fourth-order valence-electron chi connectivity index (χ4n) is 3.42. The average molecular weight is 291 g/mol. The van der Waals surface area contributed by atoms with Crippen LogP contribution in [0.25, 0.3) is 0 Å². The maximum absolute atomic E-state index is 11.3. The Kier molecular flexibility index (Phi) is 5.23. The van der Waals surface area contributed by atoms with Gasteiger partial charge in [-0.25, -0.2) is 4.79 Å². The third-order valence-electron chi connectivity index (χ3n) is 4.32. The van der Waals surface area contributed by atoms with Gasteiger partial charge in [0.15, 0.2) is 0 Å². The summed E-state index contributed by atoms with van der Waals surface area (Å²) in [5.74, 6) is -1.14. The molecule has 0 amide bonds. The van der Waals surface area contributed by atoms with Gasteiger partial charge in [-0.05, 0) is 62.4 Å². The van der Waals surface area contributed by atoms with Crippen LogP contribution in [0.4, 0.5) is 0 Å². The summed E-state index contributed by atoms with van der Waals surface area (Å²) in [6, 6.07) is 3.90. The molecule has 0 bridgehead atoms. The van der Waals surface area contributed by atoms with Crippen molar-refractivity contribution in [2.24, 2.45) is 0 Å². The Balaban J connectivity index is 2.24. The Bertz CT molecular complexity index is 507. The number of aromatic hydroxyl groups is 1. The summed E-state index contributed by atoms with van der Waals surface area (Å²) in [5, 5.41) is 19.1. The zero-order valence-corrected chi connectivity index (χ0v) is 12.9. The van der Waals surface area contributed by atoms with Gasteiger partial charge in [0.05, 0.1) is 0 Å². The molecule has 0 aromatic heterocycles. The van der Waals surface area contributed by atoms with Crippen LogP contribution in [-0.4, -0.2) is 40.2 Å². The standard InChI is InChI=1S/C17H25NO3/c1-3-9-18(10-4-2)13-6-7-14-12(11-13)5-8-15(19)16(14)17(20)21/h5,8,13,19H,3-4,6-7,9-11H2,1-2H3,(H,20,21). The van der Waals surface area contributed by atoms with Crippen LogP contribution >= 0.6 is 0 Å². The molecule has 1 aliphatic rings. The van der Waals surface area contributed by atoms with Gasteiger partial charge in [-0.3, -0.25) is 0 Å². The molecule has 0 heterocycles. The molecule has 0 fully saturated rings. The largest absolute Gasteiger partial charge is 0.507 e. The first kappa shape index (κ1) is 15.8. The quantitative estimate of drug-likeness (QED) is 0.845. The normalized spacial score (nSPS) is 17.8. The van der Waals surface area contributed by atoms with Crippen molar-refractivity contribution in [1.82, 2.24) is 4.90 Å². The third-order valence-corrected chi connectivity index (χ3v) is 4.32. The second-order valence-corrected chi connectivity index (χ2v) is 5.84. The molecule has 1 aliphatic carbocycles. The van der Waals surface area contributed by atoms with Crippen LogP contribution < -0.4 is 0 Å². The van der Waals surface area contributed by atoms with Crippen molar-refractivity contribution >= 4 is 5.97 Å². The lowest BCUT2D eigenvalue weighted by Gasteiger charge is -2.35. The van der Waals surface area contributed by atoms with Gasteiger partial charge in [0.2, 0.25) is 0 Å². The Labute approximate surface area is 126 Å². The van der Waals surface area contributed by atoms with Crippen molar-refractivity contribution in [3.63, 3.8) is 0 Å². The van der Waals surface area contributed by atoms with E-state index in [2.05, 4.69) is 18.7 Å². The first-order chi connectivity index (χ1) is 10.1. The second-order valence-electron chi connectivity index (χ2n) is 5.84. The molecule has 1 aromatic carbocycles. The van der Waals surface area contributed by atoms with E-state index in [9.17, 15) is 15.0 Å². The number of fused-ring (bicyclic) bond motifs is 1. The Hall–Kier alpha value is -1.55. The summed E-state index contributed by atoms with van der Waals surface area (Å²) in [6.07, 6.45) is 4.87. The summed E-state index contributed by atoms with van der Waals surface area (Å²) in [5.41, 5.74) is 2.01. The van der Waals surface area contributed by atoms with Crippen molar-refractivity contribution in [3.05, 3.63) is 28.8 Å². The molecule has 1 unspecified atom stereocenters. The van der Waals surface area contributed by atoms with Crippen LogP contribution in [0.3, 0.4) is 0 Å². The van der Waals surface area contributed by atoms with Crippen molar-refractivity contribution in [1.29, 1.82) is 0 Å². The van der Waals surface area contributed by atoms with Crippen LogP contribution in [0.5, 0.6) is 5.75 Å². The molecular formula is C17H25NO3. The molecule has 0 saturated carbocycles. The maximum atomic E-state index is 11.3. The smallest absolute Gasteiger partial charge is 0.339 e. The zero-order valence-electron chi connectivity index (χ0n) is 12.9. The number of carbonyl (C=O) groups is 1. The molecule has 116 valence electrons. The topological polar surface area (TPSA) is 60.8 Å². The van der Waals surface area contributed by atoms with Crippen molar-refractivity contribution in [2.75, 3.05) is 13.1 Å². The number of hydrogen-bond acceptors (Lipinski definition) is 3. The van der Waals surface area contributed by atoms with Gasteiger partial charge >= 0.3 is 5.97 Å². The Morgan fingerprint density at radius 1 is 1.29 bits per heavy atom. The minimum atomic E-state index is -1.03. The van der Waals surface area contributed by atoms with Crippen LogP contribution in [0, 0.1) is 0 Å². The first-order valence-electron chi connectivity index (χ1n) is 7.89. The molecule has 2 N–H and O–H groups in total. The van der Waals surface area contributed by atoms with Gasteiger partial charge < -0.3 is 15.1 Å². The van der Waals surface area contributed by atoms with Gasteiger partial charge in [-0.2, -0.15) is 0 Å². The summed E-state index contributed by atoms with van der Waals surface area (Å²) < 4.78 is 0. The van der Waals surface area contributed by atoms with E-state index in [0.29, 0.717) is 6.04 Å². The first-order valence-corrected chi connectivity index (χ1v) is 7.89. The van der Waals surface area contributed by atoms with E-state index in [-0.39, 0.29) is 11.3 Å². The summed E-state index contributed by atoms with van der Waals surface area (Å²) >= 11 is 0. The lowest BCUT2D eigenvalue weighted by molar-refractivity contribution is 0.0691. The average Bonchev–Trinajstić information content (AvgIpc) is 2.46. The molecule has 0 radical (unpaired) electrons. The van der Waals surface area contributed by atoms with Gasteiger partial charge in [0.25, 0.3) is 0 Å². The molecule has 4 heteroatoms. The molecule has 0 saturated heterocycles. The van der Waals surface area contributed by atoms with Gasteiger partial charge in [-0.15, -0.1) is 0 Å². The zero-order chi connectivity index (χ0) is 15.4. The van der Waals surface area contributed by atoms with Crippen molar-refractivity contribution in [3.8, 4) is 5.75 Å². The number of rotatable bonds is 6.